The number of nitro groups is 1. The Bertz CT molecular complexity index is 749. The van der Waals surface area contributed by atoms with Gasteiger partial charge in [-0.1, -0.05) is 29.8 Å². The maximum Gasteiger partial charge on any atom is 0.319 e. The van der Waals surface area contributed by atoms with Crippen LogP contribution >= 0.6 is 11.6 Å². The van der Waals surface area contributed by atoms with Gasteiger partial charge in [-0.05, 0) is 30.7 Å². The molecule has 0 saturated heterocycles. The summed E-state index contributed by atoms with van der Waals surface area (Å²) in [5.74, 6) is 0. The van der Waals surface area contributed by atoms with Gasteiger partial charge in [0.05, 0.1) is 28.8 Å². The fraction of sp³-hybridized carbons (Fsp3) is 0.188. The van der Waals surface area contributed by atoms with Crippen LogP contribution in [-0.4, -0.2) is 22.7 Å². The van der Waals surface area contributed by atoms with E-state index in [0.717, 1.165) is 0 Å². The van der Waals surface area contributed by atoms with Crippen molar-refractivity contribution < 1.29 is 14.8 Å². The second kappa shape index (κ2) is 7.76. The van der Waals surface area contributed by atoms with Crippen molar-refractivity contribution in [3.63, 3.8) is 0 Å². The number of rotatable bonds is 5. The van der Waals surface area contributed by atoms with Gasteiger partial charge in [-0.3, -0.25) is 10.1 Å². The molecular formula is C16H16ClN3O4. The number of nitro benzene ring substituents is 1. The van der Waals surface area contributed by atoms with E-state index in [1.165, 1.54) is 12.1 Å². The monoisotopic (exact) mass is 349 g/mol. The van der Waals surface area contributed by atoms with Crippen LogP contribution in [0.5, 0.6) is 0 Å². The van der Waals surface area contributed by atoms with Crippen LogP contribution in [0.1, 0.15) is 17.2 Å². The molecule has 0 aliphatic carbocycles. The van der Waals surface area contributed by atoms with E-state index < -0.39 is 17.0 Å². The van der Waals surface area contributed by atoms with Crippen molar-refractivity contribution in [2.45, 2.75) is 13.0 Å². The summed E-state index contributed by atoms with van der Waals surface area (Å²) in [6.45, 7) is 1.25. The van der Waals surface area contributed by atoms with E-state index in [1.807, 2.05) is 0 Å². The van der Waals surface area contributed by atoms with Gasteiger partial charge in [0.25, 0.3) is 5.69 Å². The molecule has 0 saturated carbocycles. The van der Waals surface area contributed by atoms with Crippen LogP contribution in [0.3, 0.4) is 0 Å². The zero-order chi connectivity index (χ0) is 17.7. The number of aliphatic hydroxyl groups excluding tert-OH is 1. The number of halogens is 1. The van der Waals surface area contributed by atoms with Crippen molar-refractivity contribution >= 4 is 29.0 Å². The third-order valence-electron chi connectivity index (χ3n) is 3.51. The molecule has 7 nitrogen and oxygen atoms in total. The van der Waals surface area contributed by atoms with Gasteiger partial charge in [-0.2, -0.15) is 0 Å². The number of aliphatic hydroxyl groups is 1. The maximum absolute atomic E-state index is 12.1. The summed E-state index contributed by atoms with van der Waals surface area (Å²) >= 11 is 5.81. The average molecular weight is 350 g/mol. The Hall–Kier alpha value is -2.64. The summed E-state index contributed by atoms with van der Waals surface area (Å²) in [6, 6.07) is 9.93. The van der Waals surface area contributed by atoms with Gasteiger partial charge < -0.3 is 15.7 Å². The molecule has 0 fully saturated rings. The molecule has 0 spiro atoms. The first-order chi connectivity index (χ1) is 11.4. The molecule has 0 heterocycles. The summed E-state index contributed by atoms with van der Waals surface area (Å²) in [5.41, 5.74) is 1.29. The molecule has 1 atom stereocenters. The molecule has 126 valence electrons. The number of amides is 2. The quantitative estimate of drug-likeness (QED) is 0.568. The van der Waals surface area contributed by atoms with E-state index in [9.17, 15) is 20.0 Å². The predicted molar refractivity (Wildman–Crippen MR) is 91.3 cm³/mol. The highest BCUT2D eigenvalue weighted by molar-refractivity contribution is 6.30. The Kier molecular flexibility index (Phi) is 5.73. The van der Waals surface area contributed by atoms with Crippen LogP contribution in [0, 0.1) is 17.0 Å². The van der Waals surface area contributed by atoms with Crippen molar-refractivity contribution in [1.82, 2.24) is 5.32 Å². The van der Waals surface area contributed by atoms with E-state index in [2.05, 4.69) is 10.6 Å². The van der Waals surface area contributed by atoms with Gasteiger partial charge in [0, 0.05) is 11.1 Å². The third-order valence-corrected chi connectivity index (χ3v) is 3.76. The molecule has 2 aromatic rings. The van der Waals surface area contributed by atoms with Crippen LogP contribution in [0.2, 0.25) is 5.02 Å². The number of hydrogen-bond acceptors (Lipinski definition) is 4. The zero-order valence-corrected chi connectivity index (χ0v) is 13.6. The lowest BCUT2D eigenvalue weighted by Gasteiger charge is -2.18. The second-order valence-electron chi connectivity index (χ2n) is 5.09. The van der Waals surface area contributed by atoms with Crippen molar-refractivity contribution in [2.75, 3.05) is 11.9 Å². The Balaban J connectivity index is 2.11. The van der Waals surface area contributed by atoms with E-state index in [4.69, 9.17) is 11.6 Å². The van der Waals surface area contributed by atoms with Gasteiger partial charge in [0.2, 0.25) is 0 Å². The molecule has 0 aliphatic rings. The van der Waals surface area contributed by atoms with Gasteiger partial charge in [0.15, 0.2) is 0 Å². The number of carbonyl (C=O) groups excluding carboxylic acids is 1. The first kappa shape index (κ1) is 17.7. The van der Waals surface area contributed by atoms with Gasteiger partial charge in [-0.15, -0.1) is 0 Å². The molecule has 24 heavy (non-hydrogen) atoms. The largest absolute Gasteiger partial charge is 0.394 e. The average Bonchev–Trinajstić information content (AvgIpc) is 2.55. The first-order valence-electron chi connectivity index (χ1n) is 7.10. The van der Waals surface area contributed by atoms with Crippen LogP contribution in [-0.2, 0) is 0 Å². The smallest absolute Gasteiger partial charge is 0.319 e. The van der Waals surface area contributed by atoms with Crippen molar-refractivity contribution in [3.8, 4) is 0 Å². The molecule has 0 aromatic heterocycles. The lowest BCUT2D eigenvalue weighted by Crippen LogP contribution is -2.34. The number of hydrogen-bond donors (Lipinski definition) is 3. The van der Waals surface area contributed by atoms with E-state index >= 15 is 0 Å². The summed E-state index contributed by atoms with van der Waals surface area (Å²) in [5, 5.41) is 26.1. The topological polar surface area (TPSA) is 104 Å². The Labute approximate surface area is 143 Å². The fourth-order valence-corrected chi connectivity index (χ4v) is 2.33. The number of nitrogens with one attached hydrogen (secondary N) is 2. The molecule has 0 aliphatic heterocycles. The Morgan fingerprint density at radius 1 is 1.29 bits per heavy atom. The van der Waals surface area contributed by atoms with E-state index in [-0.39, 0.29) is 12.3 Å². The fourth-order valence-electron chi connectivity index (χ4n) is 2.20. The lowest BCUT2D eigenvalue weighted by atomic mass is 10.1. The summed E-state index contributed by atoms with van der Waals surface area (Å²) in [6.07, 6.45) is 0. The number of anilines is 1. The van der Waals surface area contributed by atoms with E-state index in [0.29, 0.717) is 21.8 Å². The molecule has 2 rings (SSSR count). The molecule has 2 aromatic carbocycles. The Morgan fingerprint density at radius 3 is 2.54 bits per heavy atom. The summed E-state index contributed by atoms with van der Waals surface area (Å²) in [7, 11) is 0. The molecule has 2 amide bonds. The molecular weight excluding hydrogens is 334 g/mol. The van der Waals surface area contributed by atoms with Crippen molar-refractivity contribution in [1.29, 1.82) is 0 Å². The molecule has 8 heteroatoms. The SMILES string of the molecule is Cc1c(NC(=O)NC(CO)c2ccc(Cl)cc2)cccc1[N+](=O)[O-]. The third kappa shape index (κ3) is 4.21. The van der Waals surface area contributed by atoms with Crippen LogP contribution in [0.4, 0.5) is 16.2 Å². The number of urea groups is 1. The molecule has 3 N–H and O–H groups in total. The van der Waals surface area contributed by atoms with Gasteiger partial charge in [-0.25, -0.2) is 4.79 Å². The van der Waals surface area contributed by atoms with Gasteiger partial charge in [0.1, 0.15) is 0 Å². The minimum absolute atomic E-state index is 0.0794. The van der Waals surface area contributed by atoms with E-state index in [1.54, 1.807) is 37.3 Å². The van der Waals surface area contributed by atoms with Crippen LogP contribution in [0.25, 0.3) is 0 Å². The van der Waals surface area contributed by atoms with Crippen molar-refractivity contribution in [3.05, 3.63) is 68.7 Å². The normalized spacial score (nSPS) is 11.6. The maximum atomic E-state index is 12.1. The summed E-state index contributed by atoms with van der Waals surface area (Å²) < 4.78 is 0. The van der Waals surface area contributed by atoms with Crippen molar-refractivity contribution in [2.24, 2.45) is 0 Å². The zero-order valence-electron chi connectivity index (χ0n) is 12.8. The summed E-state index contributed by atoms with van der Waals surface area (Å²) in [4.78, 5) is 22.5. The number of carbonyl (C=O) groups is 1. The predicted octanol–water partition coefficient (Wildman–Crippen LogP) is 3.41. The number of benzene rings is 2. The van der Waals surface area contributed by atoms with Gasteiger partial charge >= 0.3 is 6.03 Å². The minimum Gasteiger partial charge on any atom is -0.394 e. The second-order valence-corrected chi connectivity index (χ2v) is 5.53. The first-order valence-corrected chi connectivity index (χ1v) is 7.48. The molecule has 0 bridgehead atoms. The van der Waals surface area contributed by atoms with Crippen LogP contribution in [0.15, 0.2) is 42.5 Å². The standard InChI is InChI=1S/C16H16ClN3O4/c1-10-13(3-2-4-15(10)20(23)24)18-16(22)19-14(9-21)11-5-7-12(17)8-6-11/h2-8,14,21H,9H2,1H3,(H2,18,19,22). The lowest BCUT2D eigenvalue weighted by molar-refractivity contribution is -0.385. The number of nitrogens with zero attached hydrogens (tertiary/aromatic N) is 1. The highest BCUT2D eigenvalue weighted by atomic mass is 35.5. The highest BCUT2D eigenvalue weighted by Gasteiger charge is 2.17. The Morgan fingerprint density at radius 2 is 1.96 bits per heavy atom. The molecule has 1 unspecified atom stereocenters. The highest BCUT2D eigenvalue weighted by Crippen LogP contribution is 2.25. The van der Waals surface area contributed by atoms with Crippen LogP contribution < -0.4 is 10.6 Å². The minimum atomic E-state index is -0.624. The molecule has 0 radical (unpaired) electrons.